The van der Waals surface area contributed by atoms with Gasteiger partial charge >= 0.3 is 0 Å². The van der Waals surface area contributed by atoms with Crippen molar-refractivity contribution in [1.29, 1.82) is 0 Å². The molecule has 0 aliphatic rings. The normalized spacial score (nSPS) is 13.5. The summed E-state index contributed by atoms with van der Waals surface area (Å²) in [5.41, 5.74) is 6.12. The molecule has 1 unspecified atom stereocenters. The Hall–Kier alpha value is -1.02. The number of thiocarbonyl (C=S) groups is 1. The van der Waals surface area contributed by atoms with Gasteiger partial charge in [0.1, 0.15) is 4.99 Å². The topological polar surface area (TPSA) is 75.4 Å². The van der Waals surface area contributed by atoms with Crippen molar-refractivity contribution in [3.8, 4) is 0 Å². The van der Waals surface area contributed by atoms with Crippen molar-refractivity contribution < 1.29 is 8.42 Å². The van der Waals surface area contributed by atoms with Gasteiger partial charge in [-0.2, -0.15) is 0 Å². The van der Waals surface area contributed by atoms with Crippen molar-refractivity contribution in [2.24, 2.45) is 5.73 Å². The average Bonchev–Trinajstić information content (AvgIpc) is 2.27. The molecule has 0 aliphatic carbocycles. The number of likely N-dealkylation sites (N-methyl/N-ethyl adjacent to an activating group) is 1. The summed E-state index contributed by atoms with van der Waals surface area (Å²) < 4.78 is 26.8. The summed E-state index contributed by atoms with van der Waals surface area (Å²) in [4.78, 5) is 2.37. The molecule has 0 fully saturated rings. The van der Waals surface area contributed by atoms with Gasteiger partial charge in [0.2, 0.25) is 10.0 Å². The highest BCUT2D eigenvalue weighted by Crippen LogP contribution is 2.11. The largest absolute Gasteiger partial charge is 0.389 e. The standard InChI is InChI=1S/C12H19N3O2S2/c1-9(8-15(2)3)14-19(16,17)11-6-4-10(5-7-11)12(13)18/h4-7,9,14H,8H2,1-3H3,(H2,13,18). The number of nitrogens with one attached hydrogen (secondary N) is 1. The van der Waals surface area contributed by atoms with E-state index in [0.717, 1.165) is 0 Å². The summed E-state index contributed by atoms with van der Waals surface area (Å²) in [5, 5.41) is 0. The number of benzene rings is 1. The summed E-state index contributed by atoms with van der Waals surface area (Å²) in [6, 6.07) is 6.04. The van der Waals surface area contributed by atoms with Crippen LogP contribution in [0.3, 0.4) is 0 Å². The van der Waals surface area contributed by atoms with Crippen LogP contribution in [0.2, 0.25) is 0 Å². The van der Waals surface area contributed by atoms with Crippen molar-refractivity contribution in [3.63, 3.8) is 0 Å². The SMILES string of the molecule is CC(CN(C)C)NS(=O)(=O)c1ccc(C(N)=S)cc1. The molecule has 19 heavy (non-hydrogen) atoms. The maximum absolute atomic E-state index is 12.1. The molecule has 0 saturated carbocycles. The zero-order valence-electron chi connectivity index (χ0n) is 11.3. The van der Waals surface area contributed by atoms with Gasteiger partial charge in [0.25, 0.3) is 0 Å². The van der Waals surface area contributed by atoms with Crippen LogP contribution in [0, 0.1) is 0 Å². The van der Waals surface area contributed by atoms with Crippen LogP contribution in [0.5, 0.6) is 0 Å². The van der Waals surface area contributed by atoms with E-state index in [9.17, 15) is 8.42 Å². The smallest absolute Gasteiger partial charge is 0.240 e. The van der Waals surface area contributed by atoms with Crippen molar-refractivity contribution in [2.75, 3.05) is 20.6 Å². The van der Waals surface area contributed by atoms with Gasteiger partial charge in [-0.1, -0.05) is 24.4 Å². The summed E-state index contributed by atoms with van der Waals surface area (Å²) >= 11 is 4.82. The highest BCUT2D eigenvalue weighted by Gasteiger charge is 2.17. The second-order valence-corrected chi connectivity index (χ2v) is 6.83. The van der Waals surface area contributed by atoms with Gasteiger partial charge < -0.3 is 10.6 Å². The van der Waals surface area contributed by atoms with E-state index in [2.05, 4.69) is 4.72 Å². The van der Waals surface area contributed by atoms with Crippen LogP contribution in [-0.2, 0) is 10.0 Å². The molecule has 0 amide bonds. The van der Waals surface area contributed by atoms with Gasteiger partial charge in [0.05, 0.1) is 4.90 Å². The fourth-order valence-electron chi connectivity index (χ4n) is 1.72. The quantitative estimate of drug-likeness (QED) is 0.751. The van der Waals surface area contributed by atoms with E-state index in [1.807, 2.05) is 25.9 Å². The summed E-state index contributed by atoms with van der Waals surface area (Å²) in [5.74, 6) is 0. The summed E-state index contributed by atoms with van der Waals surface area (Å²) in [6.45, 7) is 2.45. The lowest BCUT2D eigenvalue weighted by atomic mass is 10.2. The van der Waals surface area contributed by atoms with Crippen LogP contribution in [-0.4, -0.2) is 45.0 Å². The van der Waals surface area contributed by atoms with Gasteiger partial charge in [-0.25, -0.2) is 13.1 Å². The van der Waals surface area contributed by atoms with Crippen molar-refractivity contribution in [3.05, 3.63) is 29.8 Å². The highest BCUT2D eigenvalue weighted by atomic mass is 32.2. The Balaban J connectivity index is 2.85. The van der Waals surface area contributed by atoms with Crippen LogP contribution >= 0.6 is 12.2 Å². The van der Waals surface area contributed by atoms with E-state index >= 15 is 0 Å². The van der Waals surface area contributed by atoms with Crippen LogP contribution < -0.4 is 10.5 Å². The number of rotatable bonds is 6. The minimum absolute atomic E-state index is 0.171. The molecule has 0 aromatic heterocycles. The Morgan fingerprint density at radius 3 is 2.32 bits per heavy atom. The van der Waals surface area contributed by atoms with E-state index < -0.39 is 10.0 Å². The predicted octanol–water partition coefficient (Wildman–Crippen LogP) is 0.549. The molecule has 0 radical (unpaired) electrons. The molecule has 1 rings (SSSR count). The Morgan fingerprint density at radius 2 is 1.89 bits per heavy atom. The molecule has 0 spiro atoms. The molecule has 5 nitrogen and oxygen atoms in total. The summed E-state index contributed by atoms with van der Waals surface area (Å²) in [7, 11) is 0.273. The number of hydrogen-bond donors (Lipinski definition) is 2. The van der Waals surface area contributed by atoms with Gasteiger partial charge in [-0.15, -0.1) is 0 Å². The molecular weight excluding hydrogens is 282 g/mol. The first-order valence-electron chi connectivity index (χ1n) is 5.79. The maximum Gasteiger partial charge on any atom is 0.240 e. The molecule has 106 valence electrons. The zero-order chi connectivity index (χ0) is 14.6. The molecule has 0 aliphatic heterocycles. The van der Waals surface area contributed by atoms with Crippen molar-refractivity contribution in [2.45, 2.75) is 17.9 Å². The first-order valence-corrected chi connectivity index (χ1v) is 7.68. The van der Waals surface area contributed by atoms with Crippen molar-refractivity contribution in [1.82, 2.24) is 9.62 Å². The minimum Gasteiger partial charge on any atom is -0.389 e. The lowest BCUT2D eigenvalue weighted by molar-refractivity contribution is 0.370. The molecular formula is C12H19N3O2S2. The average molecular weight is 301 g/mol. The van der Waals surface area contributed by atoms with Crippen LogP contribution in [0.25, 0.3) is 0 Å². The first-order chi connectivity index (χ1) is 8.72. The molecule has 1 atom stereocenters. The molecule has 7 heteroatoms. The maximum atomic E-state index is 12.1. The van der Waals surface area contributed by atoms with E-state index in [0.29, 0.717) is 12.1 Å². The number of sulfonamides is 1. The lowest BCUT2D eigenvalue weighted by Gasteiger charge is -2.18. The molecule has 3 N–H and O–H groups in total. The van der Waals surface area contributed by atoms with Crippen molar-refractivity contribution >= 4 is 27.2 Å². The Kier molecular flexibility index (Phi) is 5.42. The van der Waals surface area contributed by atoms with Crippen LogP contribution in [0.4, 0.5) is 0 Å². The Morgan fingerprint density at radius 1 is 1.37 bits per heavy atom. The Labute approximate surface area is 119 Å². The van der Waals surface area contributed by atoms with Crippen LogP contribution in [0.1, 0.15) is 12.5 Å². The number of nitrogens with zero attached hydrogens (tertiary/aromatic N) is 1. The van der Waals surface area contributed by atoms with Gasteiger partial charge in [0, 0.05) is 18.2 Å². The fraction of sp³-hybridized carbons (Fsp3) is 0.417. The molecule has 0 bridgehead atoms. The number of nitrogens with two attached hydrogens (primary N) is 1. The van der Waals surface area contributed by atoms with Gasteiger partial charge in [-0.3, -0.25) is 0 Å². The van der Waals surface area contributed by atoms with Gasteiger partial charge in [-0.05, 0) is 33.2 Å². The molecule has 1 aromatic rings. The third-order valence-electron chi connectivity index (χ3n) is 2.44. The first kappa shape index (κ1) is 16.0. The van der Waals surface area contributed by atoms with E-state index in [1.54, 1.807) is 12.1 Å². The third-order valence-corrected chi connectivity index (χ3v) is 4.29. The summed E-state index contributed by atoms with van der Waals surface area (Å²) in [6.07, 6.45) is 0. The molecule has 1 aromatic carbocycles. The second kappa shape index (κ2) is 6.42. The third kappa shape index (κ3) is 4.87. The molecule has 0 saturated heterocycles. The lowest BCUT2D eigenvalue weighted by Crippen LogP contribution is -2.39. The molecule has 0 heterocycles. The van der Waals surface area contributed by atoms with E-state index in [4.69, 9.17) is 18.0 Å². The van der Waals surface area contributed by atoms with E-state index in [-0.39, 0.29) is 15.9 Å². The second-order valence-electron chi connectivity index (χ2n) is 4.67. The number of hydrogen-bond acceptors (Lipinski definition) is 4. The zero-order valence-corrected chi connectivity index (χ0v) is 12.9. The van der Waals surface area contributed by atoms with Crippen LogP contribution in [0.15, 0.2) is 29.2 Å². The van der Waals surface area contributed by atoms with E-state index in [1.165, 1.54) is 12.1 Å². The highest BCUT2D eigenvalue weighted by molar-refractivity contribution is 7.89. The monoisotopic (exact) mass is 301 g/mol. The van der Waals surface area contributed by atoms with Gasteiger partial charge in [0.15, 0.2) is 0 Å². The predicted molar refractivity (Wildman–Crippen MR) is 80.7 cm³/mol. The fourth-order valence-corrected chi connectivity index (χ4v) is 3.09. The Bertz CT molecular complexity index is 539. The minimum atomic E-state index is -3.51.